The zero-order valence-corrected chi connectivity index (χ0v) is 17.5. The minimum atomic E-state index is -1.76. The second kappa shape index (κ2) is 6.46. The number of alkyl halides is 1. The van der Waals surface area contributed by atoms with Gasteiger partial charge in [0.2, 0.25) is 0 Å². The first-order valence-corrected chi connectivity index (χ1v) is 10.8. The minimum Gasteiger partial charge on any atom is -0.390 e. The van der Waals surface area contributed by atoms with Crippen LogP contribution in [0.2, 0.25) is 0 Å². The van der Waals surface area contributed by atoms with Gasteiger partial charge in [0.05, 0.1) is 12.2 Å². The average Bonchev–Trinajstić information content (AvgIpc) is 2.89. The molecule has 5 heteroatoms. The molecule has 0 aromatic carbocycles. The normalized spacial score (nSPS) is 50.4. The van der Waals surface area contributed by atoms with Gasteiger partial charge in [-0.05, 0) is 63.4 Å². The molecule has 0 aromatic rings. The van der Waals surface area contributed by atoms with Crippen molar-refractivity contribution >= 4 is 11.6 Å². The number of halogens is 1. The Kier molecular flexibility index (Phi) is 4.67. The molecule has 4 nitrogen and oxygen atoms in total. The molecule has 0 aliphatic heterocycles. The maximum Gasteiger partial charge on any atom is 0.155 e. The van der Waals surface area contributed by atoms with Crippen LogP contribution < -0.4 is 0 Å². The van der Waals surface area contributed by atoms with E-state index in [1.54, 1.807) is 13.0 Å². The number of aliphatic hydroxyl groups excluding tert-OH is 1. The molecule has 0 spiro atoms. The molecule has 0 aromatic heterocycles. The highest BCUT2D eigenvalue weighted by Crippen LogP contribution is 2.69. The van der Waals surface area contributed by atoms with Crippen LogP contribution in [0.15, 0.2) is 11.6 Å². The van der Waals surface area contributed by atoms with E-state index >= 15 is 4.39 Å². The number of carbonyl (C=O) groups excluding carboxylic acids is 2. The van der Waals surface area contributed by atoms with E-state index in [0.29, 0.717) is 38.7 Å². The summed E-state index contributed by atoms with van der Waals surface area (Å²) in [5, 5.41) is 11.2. The van der Waals surface area contributed by atoms with Crippen molar-refractivity contribution in [3.05, 3.63) is 11.6 Å². The van der Waals surface area contributed by atoms with Crippen LogP contribution in [0.1, 0.15) is 66.2 Å². The lowest BCUT2D eigenvalue weighted by atomic mass is 9.44. The Balaban J connectivity index is 1.79. The van der Waals surface area contributed by atoms with Crippen molar-refractivity contribution in [1.29, 1.82) is 0 Å². The molecule has 0 amide bonds. The van der Waals surface area contributed by atoms with E-state index in [2.05, 4.69) is 6.92 Å². The molecule has 1 unspecified atom stereocenters. The molecule has 156 valence electrons. The van der Waals surface area contributed by atoms with E-state index in [4.69, 9.17) is 4.74 Å². The number of ketones is 2. The number of allylic oxidation sites excluding steroid dienone is 1. The van der Waals surface area contributed by atoms with Gasteiger partial charge in [-0.2, -0.15) is 0 Å². The Morgan fingerprint density at radius 3 is 2.68 bits per heavy atom. The zero-order valence-electron chi connectivity index (χ0n) is 17.5. The highest BCUT2D eigenvalue weighted by Gasteiger charge is 2.72. The molecule has 0 radical (unpaired) electrons. The van der Waals surface area contributed by atoms with Crippen LogP contribution >= 0.6 is 0 Å². The SMILES string of the molecule is CCO[C@@H]1C[C@H]2[C@@H]3CCC4=CC(=O)CC[C@]4(C)C3(F)[C@@H](O)C[C@]2(C)[C@H]1C(C)=O. The molecule has 4 aliphatic carbocycles. The van der Waals surface area contributed by atoms with Crippen molar-refractivity contribution in [3.8, 4) is 0 Å². The summed E-state index contributed by atoms with van der Waals surface area (Å²) in [6.07, 6.45) is 3.35. The molecule has 0 heterocycles. The van der Waals surface area contributed by atoms with Gasteiger partial charge in [0.15, 0.2) is 5.78 Å². The first kappa shape index (κ1) is 20.2. The van der Waals surface area contributed by atoms with Gasteiger partial charge in [0.25, 0.3) is 0 Å². The Bertz CT molecular complexity index is 732. The number of aliphatic hydroxyl groups is 1. The van der Waals surface area contributed by atoms with E-state index in [9.17, 15) is 14.7 Å². The van der Waals surface area contributed by atoms with E-state index in [-0.39, 0.29) is 41.8 Å². The number of Topliss-reactive ketones (excluding diaryl/α,β-unsaturated/α-hetero) is 1. The topological polar surface area (TPSA) is 63.6 Å². The van der Waals surface area contributed by atoms with Crippen molar-refractivity contribution < 1.29 is 23.8 Å². The summed E-state index contributed by atoms with van der Waals surface area (Å²) in [5.74, 6) is -0.466. The first-order chi connectivity index (χ1) is 13.1. The monoisotopic (exact) mass is 392 g/mol. The van der Waals surface area contributed by atoms with Crippen LogP contribution in [0.4, 0.5) is 4.39 Å². The first-order valence-electron chi connectivity index (χ1n) is 10.8. The maximum absolute atomic E-state index is 17.0. The van der Waals surface area contributed by atoms with Crippen LogP contribution in [0.25, 0.3) is 0 Å². The van der Waals surface area contributed by atoms with Crippen LogP contribution in [0.5, 0.6) is 0 Å². The maximum atomic E-state index is 17.0. The third-order valence-electron chi connectivity index (χ3n) is 8.86. The van der Waals surface area contributed by atoms with Crippen molar-refractivity contribution in [2.45, 2.75) is 84.1 Å². The fraction of sp³-hybridized carbons (Fsp3) is 0.826. The highest BCUT2D eigenvalue weighted by atomic mass is 19.1. The van der Waals surface area contributed by atoms with Gasteiger partial charge in [-0.1, -0.05) is 19.4 Å². The molecule has 4 rings (SSSR count). The summed E-state index contributed by atoms with van der Waals surface area (Å²) in [6, 6.07) is 0. The summed E-state index contributed by atoms with van der Waals surface area (Å²) in [5.41, 5.74) is -2.15. The van der Waals surface area contributed by atoms with Crippen LogP contribution in [0, 0.1) is 28.6 Å². The number of carbonyl (C=O) groups is 2. The molecule has 8 atom stereocenters. The Labute approximate surface area is 166 Å². The third kappa shape index (κ3) is 2.41. The standard InChI is InChI=1S/C23H33FO4/c1-5-28-18-11-17-16-7-6-14-10-15(26)8-9-22(14,4)23(16,24)19(27)12-21(17,3)20(18)13(2)25/h10,16-20,27H,5-9,11-12H2,1-4H3/t16-,17-,18+,19-,20-,21-,22-,23?/m0/s1. The van der Waals surface area contributed by atoms with Crippen molar-refractivity contribution in [3.63, 3.8) is 0 Å². The predicted molar refractivity (Wildman–Crippen MR) is 103 cm³/mol. The minimum absolute atomic E-state index is 0.00218. The zero-order chi connectivity index (χ0) is 20.5. The Morgan fingerprint density at radius 2 is 2.04 bits per heavy atom. The van der Waals surface area contributed by atoms with Crippen LogP contribution in [-0.4, -0.2) is 41.2 Å². The summed E-state index contributed by atoms with van der Waals surface area (Å²) >= 11 is 0. The van der Waals surface area contributed by atoms with Crippen LogP contribution in [0.3, 0.4) is 0 Å². The number of rotatable bonds is 3. The van der Waals surface area contributed by atoms with E-state index < -0.39 is 22.6 Å². The van der Waals surface area contributed by atoms with Crippen molar-refractivity contribution in [1.82, 2.24) is 0 Å². The largest absolute Gasteiger partial charge is 0.390 e. The van der Waals surface area contributed by atoms with Crippen LogP contribution in [-0.2, 0) is 14.3 Å². The Hall–Kier alpha value is -1.07. The smallest absolute Gasteiger partial charge is 0.155 e. The lowest BCUT2D eigenvalue weighted by molar-refractivity contribution is -0.208. The summed E-state index contributed by atoms with van der Waals surface area (Å²) < 4.78 is 22.9. The van der Waals surface area contributed by atoms with Gasteiger partial charge >= 0.3 is 0 Å². The van der Waals surface area contributed by atoms with Gasteiger partial charge in [-0.3, -0.25) is 9.59 Å². The fourth-order valence-electron chi connectivity index (χ4n) is 7.67. The molecular weight excluding hydrogens is 359 g/mol. The second-order valence-corrected chi connectivity index (χ2v) is 10.0. The van der Waals surface area contributed by atoms with E-state index in [1.807, 2.05) is 13.8 Å². The second-order valence-electron chi connectivity index (χ2n) is 10.0. The van der Waals surface area contributed by atoms with Crippen molar-refractivity contribution in [2.75, 3.05) is 6.61 Å². The summed E-state index contributed by atoms with van der Waals surface area (Å²) in [7, 11) is 0. The summed E-state index contributed by atoms with van der Waals surface area (Å²) in [4.78, 5) is 24.5. The molecule has 3 saturated carbocycles. The highest BCUT2D eigenvalue weighted by molar-refractivity contribution is 5.91. The number of fused-ring (bicyclic) bond motifs is 5. The number of ether oxygens (including phenoxy) is 1. The lowest BCUT2D eigenvalue weighted by Gasteiger charge is -2.62. The van der Waals surface area contributed by atoms with Gasteiger partial charge in [-0.15, -0.1) is 0 Å². The molecule has 28 heavy (non-hydrogen) atoms. The molecule has 3 fully saturated rings. The average molecular weight is 393 g/mol. The number of hydrogen-bond donors (Lipinski definition) is 1. The third-order valence-corrected chi connectivity index (χ3v) is 8.86. The van der Waals surface area contributed by atoms with E-state index in [0.717, 1.165) is 5.57 Å². The van der Waals surface area contributed by atoms with E-state index in [1.165, 1.54) is 0 Å². The van der Waals surface area contributed by atoms with Gasteiger partial charge in [0.1, 0.15) is 11.5 Å². The quantitative estimate of drug-likeness (QED) is 0.793. The molecule has 1 N–H and O–H groups in total. The fourth-order valence-corrected chi connectivity index (χ4v) is 7.67. The lowest BCUT2D eigenvalue weighted by Crippen LogP contribution is -2.67. The Morgan fingerprint density at radius 1 is 1.32 bits per heavy atom. The van der Waals surface area contributed by atoms with Crippen molar-refractivity contribution in [2.24, 2.45) is 28.6 Å². The molecule has 0 bridgehead atoms. The summed E-state index contributed by atoms with van der Waals surface area (Å²) in [6.45, 7) is 8.01. The number of hydrogen-bond acceptors (Lipinski definition) is 4. The van der Waals surface area contributed by atoms with Gasteiger partial charge in [-0.25, -0.2) is 4.39 Å². The predicted octanol–water partition coefficient (Wildman–Crippen LogP) is 3.80. The molecule has 0 saturated heterocycles. The molecule has 4 aliphatic rings. The van der Waals surface area contributed by atoms with Gasteiger partial charge < -0.3 is 9.84 Å². The molecular formula is C23H33FO4. The van der Waals surface area contributed by atoms with Gasteiger partial charge in [0, 0.05) is 30.3 Å².